The van der Waals surface area contributed by atoms with Gasteiger partial charge in [0, 0.05) is 12.1 Å². The molecule has 1 aromatic heterocycles. The lowest BCUT2D eigenvalue weighted by molar-refractivity contribution is 0.267. The van der Waals surface area contributed by atoms with E-state index in [1.165, 1.54) is 0 Å². The van der Waals surface area contributed by atoms with E-state index in [0.29, 0.717) is 23.9 Å². The van der Waals surface area contributed by atoms with E-state index in [2.05, 4.69) is 0 Å². The standard InChI is InChI=1S/C14H16ClNO2/c1-9-3-4-13(15)14(5-9)17-8-12-6-11(7-16)10(2)18-12/h3-6H,7-8,16H2,1-2H3. The Morgan fingerprint density at radius 2 is 2.06 bits per heavy atom. The van der Waals surface area contributed by atoms with Crippen molar-refractivity contribution < 1.29 is 9.15 Å². The summed E-state index contributed by atoms with van der Waals surface area (Å²) in [6.45, 7) is 4.71. The smallest absolute Gasteiger partial charge is 0.146 e. The van der Waals surface area contributed by atoms with Gasteiger partial charge in [0.25, 0.3) is 0 Å². The molecule has 0 saturated heterocycles. The van der Waals surface area contributed by atoms with Crippen molar-refractivity contribution in [3.05, 3.63) is 51.9 Å². The third kappa shape index (κ3) is 2.86. The Morgan fingerprint density at radius 3 is 2.72 bits per heavy atom. The summed E-state index contributed by atoms with van der Waals surface area (Å²) < 4.78 is 11.2. The molecule has 0 spiro atoms. The average molecular weight is 266 g/mol. The molecule has 96 valence electrons. The van der Waals surface area contributed by atoms with Gasteiger partial charge in [0.15, 0.2) is 0 Å². The second kappa shape index (κ2) is 5.46. The molecule has 0 atom stereocenters. The zero-order chi connectivity index (χ0) is 13.1. The van der Waals surface area contributed by atoms with Gasteiger partial charge in [-0.1, -0.05) is 17.7 Å². The van der Waals surface area contributed by atoms with Gasteiger partial charge in [-0.2, -0.15) is 0 Å². The Hall–Kier alpha value is -1.45. The number of hydrogen-bond acceptors (Lipinski definition) is 3. The van der Waals surface area contributed by atoms with Crippen LogP contribution < -0.4 is 10.5 Å². The predicted octanol–water partition coefficient (Wildman–Crippen LogP) is 3.59. The Kier molecular flexibility index (Phi) is 3.94. The van der Waals surface area contributed by atoms with Gasteiger partial charge in [0.1, 0.15) is 23.9 Å². The normalized spacial score (nSPS) is 10.7. The van der Waals surface area contributed by atoms with E-state index in [-0.39, 0.29) is 0 Å². The van der Waals surface area contributed by atoms with Gasteiger partial charge >= 0.3 is 0 Å². The van der Waals surface area contributed by atoms with E-state index >= 15 is 0 Å². The number of nitrogens with two attached hydrogens (primary N) is 1. The fourth-order valence-electron chi connectivity index (χ4n) is 1.73. The zero-order valence-electron chi connectivity index (χ0n) is 10.5. The molecule has 1 heterocycles. The third-order valence-corrected chi connectivity index (χ3v) is 3.06. The fraction of sp³-hybridized carbons (Fsp3) is 0.286. The number of benzene rings is 1. The molecule has 2 N–H and O–H groups in total. The monoisotopic (exact) mass is 265 g/mol. The van der Waals surface area contributed by atoms with Crippen molar-refractivity contribution in [1.29, 1.82) is 0 Å². The molecular weight excluding hydrogens is 250 g/mol. The maximum absolute atomic E-state index is 6.05. The van der Waals surface area contributed by atoms with Gasteiger partial charge in [-0.3, -0.25) is 0 Å². The van der Waals surface area contributed by atoms with Crippen LogP contribution in [0.5, 0.6) is 5.75 Å². The lowest BCUT2D eigenvalue weighted by Crippen LogP contribution is -1.96. The molecule has 0 unspecified atom stereocenters. The highest BCUT2D eigenvalue weighted by Crippen LogP contribution is 2.26. The lowest BCUT2D eigenvalue weighted by Gasteiger charge is -2.07. The highest BCUT2D eigenvalue weighted by atomic mass is 35.5. The van der Waals surface area contributed by atoms with Crippen LogP contribution in [0.25, 0.3) is 0 Å². The van der Waals surface area contributed by atoms with E-state index in [4.69, 9.17) is 26.5 Å². The second-order valence-electron chi connectivity index (χ2n) is 4.22. The molecule has 18 heavy (non-hydrogen) atoms. The molecule has 3 nitrogen and oxygen atoms in total. The molecule has 0 saturated carbocycles. The molecule has 0 radical (unpaired) electrons. The summed E-state index contributed by atoms with van der Waals surface area (Å²) in [5.74, 6) is 2.26. The van der Waals surface area contributed by atoms with Crippen LogP contribution in [0.2, 0.25) is 5.02 Å². The SMILES string of the molecule is Cc1ccc(Cl)c(OCc2cc(CN)c(C)o2)c1. The maximum atomic E-state index is 6.05. The average Bonchev–Trinajstić information content (AvgIpc) is 2.71. The minimum Gasteiger partial charge on any atom is -0.484 e. The molecule has 1 aromatic carbocycles. The first kappa shape index (κ1) is 13.0. The van der Waals surface area contributed by atoms with Crippen molar-refractivity contribution in [3.8, 4) is 5.75 Å². The summed E-state index contributed by atoms with van der Waals surface area (Å²) in [6, 6.07) is 7.59. The van der Waals surface area contributed by atoms with Gasteiger partial charge in [-0.15, -0.1) is 0 Å². The number of aryl methyl sites for hydroxylation is 2. The van der Waals surface area contributed by atoms with Crippen molar-refractivity contribution in [3.63, 3.8) is 0 Å². The zero-order valence-corrected chi connectivity index (χ0v) is 11.3. The van der Waals surface area contributed by atoms with Crippen molar-refractivity contribution in [2.75, 3.05) is 0 Å². The Morgan fingerprint density at radius 1 is 1.28 bits per heavy atom. The summed E-state index contributed by atoms with van der Waals surface area (Å²) in [5, 5.41) is 0.600. The maximum Gasteiger partial charge on any atom is 0.146 e. The van der Waals surface area contributed by atoms with E-state index < -0.39 is 0 Å². The molecule has 2 aromatic rings. The first-order valence-electron chi connectivity index (χ1n) is 5.77. The number of hydrogen-bond donors (Lipinski definition) is 1. The van der Waals surface area contributed by atoms with E-state index in [1.54, 1.807) is 0 Å². The number of furan rings is 1. The minimum absolute atomic E-state index is 0.351. The quantitative estimate of drug-likeness (QED) is 0.919. The van der Waals surface area contributed by atoms with Crippen LogP contribution >= 0.6 is 11.6 Å². The second-order valence-corrected chi connectivity index (χ2v) is 4.63. The molecule has 0 aliphatic heterocycles. The van der Waals surface area contributed by atoms with Crippen LogP contribution in [0.3, 0.4) is 0 Å². The summed E-state index contributed by atoms with van der Waals surface area (Å²) in [6.07, 6.45) is 0. The largest absolute Gasteiger partial charge is 0.484 e. The van der Waals surface area contributed by atoms with Crippen LogP contribution in [0.1, 0.15) is 22.6 Å². The van der Waals surface area contributed by atoms with E-state index in [9.17, 15) is 0 Å². The summed E-state index contributed by atoms with van der Waals surface area (Å²) in [5.41, 5.74) is 7.70. The molecule has 4 heteroatoms. The van der Waals surface area contributed by atoms with Crippen LogP contribution in [0, 0.1) is 13.8 Å². The molecule has 0 aliphatic rings. The molecule has 0 bridgehead atoms. The van der Waals surface area contributed by atoms with Gasteiger partial charge < -0.3 is 14.9 Å². The number of rotatable bonds is 4. The van der Waals surface area contributed by atoms with E-state index in [0.717, 1.165) is 22.6 Å². The lowest BCUT2D eigenvalue weighted by atomic mass is 10.2. The number of halogens is 1. The van der Waals surface area contributed by atoms with Gasteiger partial charge in [-0.25, -0.2) is 0 Å². The predicted molar refractivity (Wildman–Crippen MR) is 71.9 cm³/mol. The van der Waals surface area contributed by atoms with Crippen LogP contribution in [-0.4, -0.2) is 0 Å². The molecule has 0 amide bonds. The van der Waals surface area contributed by atoms with Gasteiger partial charge in [0.2, 0.25) is 0 Å². The number of ether oxygens (including phenoxy) is 1. The Balaban J connectivity index is 2.08. The van der Waals surface area contributed by atoms with E-state index in [1.807, 2.05) is 38.1 Å². The highest BCUT2D eigenvalue weighted by Gasteiger charge is 2.08. The Bertz CT molecular complexity index is 549. The van der Waals surface area contributed by atoms with Crippen LogP contribution in [0.4, 0.5) is 0 Å². The van der Waals surface area contributed by atoms with Crippen molar-refractivity contribution in [1.82, 2.24) is 0 Å². The highest BCUT2D eigenvalue weighted by molar-refractivity contribution is 6.32. The summed E-state index contributed by atoms with van der Waals surface area (Å²) in [7, 11) is 0. The minimum atomic E-state index is 0.351. The van der Waals surface area contributed by atoms with Crippen LogP contribution in [0.15, 0.2) is 28.7 Å². The molecular formula is C14H16ClNO2. The van der Waals surface area contributed by atoms with Gasteiger partial charge in [-0.05, 0) is 37.6 Å². The van der Waals surface area contributed by atoms with Gasteiger partial charge in [0.05, 0.1) is 5.02 Å². The van der Waals surface area contributed by atoms with Crippen molar-refractivity contribution in [2.24, 2.45) is 5.73 Å². The summed E-state index contributed by atoms with van der Waals surface area (Å²) >= 11 is 6.05. The third-order valence-electron chi connectivity index (χ3n) is 2.75. The Labute approximate surface area is 111 Å². The molecule has 0 aliphatic carbocycles. The summed E-state index contributed by atoms with van der Waals surface area (Å²) in [4.78, 5) is 0. The first-order valence-corrected chi connectivity index (χ1v) is 6.15. The topological polar surface area (TPSA) is 48.4 Å². The molecule has 0 fully saturated rings. The fourth-order valence-corrected chi connectivity index (χ4v) is 1.90. The first-order chi connectivity index (χ1) is 8.60. The molecule has 2 rings (SSSR count). The van der Waals surface area contributed by atoms with Crippen molar-refractivity contribution in [2.45, 2.75) is 27.0 Å². The van der Waals surface area contributed by atoms with Crippen LogP contribution in [-0.2, 0) is 13.2 Å². The van der Waals surface area contributed by atoms with Crippen molar-refractivity contribution >= 4 is 11.6 Å².